The molecule has 1 aromatic rings. The van der Waals surface area contributed by atoms with Crippen molar-refractivity contribution in [1.29, 1.82) is 0 Å². The molecule has 0 radical (unpaired) electrons. The van der Waals surface area contributed by atoms with E-state index < -0.39 is 0 Å². The number of aryl methyl sites for hydroxylation is 1. The predicted octanol–water partition coefficient (Wildman–Crippen LogP) is 2.94. The molecule has 0 aliphatic carbocycles. The molecule has 1 fully saturated rings. The van der Waals surface area contributed by atoms with Gasteiger partial charge in [0.15, 0.2) is 0 Å². The summed E-state index contributed by atoms with van der Waals surface area (Å²) < 4.78 is 0. The molecular formula is C12H20N2S. The monoisotopic (exact) mass is 224 g/mol. The van der Waals surface area contributed by atoms with Crippen molar-refractivity contribution in [2.45, 2.75) is 39.7 Å². The van der Waals surface area contributed by atoms with E-state index >= 15 is 0 Å². The maximum atomic E-state index is 4.62. The minimum absolute atomic E-state index is 0.919. The molecule has 1 saturated heterocycles. The average Bonchev–Trinajstić information content (AvgIpc) is 2.69. The van der Waals surface area contributed by atoms with Crippen LogP contribution in [0.4, 0.5) is 0 Å². The highest BCUT2D eigenvalue weighted by atomic mass is 32.1. The van der Waals surface area contributed by atoms with Crippen LogP contribution >= 0.6 is 11.3 Å². The molecule has 84 valence electrons. The first-order valence-electron chi connectivity index (χ1n) is 5.93. The van der Waals surface area contributed by atoms with Gasteiger partial charge in [-0.05, 0) is 38.3 Å². The minimum Gasteiger partial charge on any atom is -0.297 e. The summed E-state index contributed by atoms with van der Waals surface area (Å²) >= 11 is 1.80. The number of aromatic nitrogens is 1. The molecule has 0 aromatic carbocycles. The number of thiazole rings is 1. The zero-order valence-corrected chi connectivity index (χ0v) is 10.5. The number of piperidine rings is 1. The van der Waals surface area contributed by atoms with Crippen LogP contribution in [0.25, 0.3) is 0 Å². The van der Waals surface area contributed by atoms with Gasteiger partial charge in [0.25, 0.3) is 0 Å². The highest BCUT2D eigenvalue weighted by molar-refractivity contribution is 7.09. The summed E-state index contributed by atoms with van der Waals surface area (Å²) in [5.41, 5.74) is 1.27. The second-order valence-corrected chi connectivity index (χ2v) is 5.49. The van der Waals surface area contributed by atoms with Gasteiger partial charge in [-0.15, -0.1) is 11.3 Å². The molecule has 1 aromatic heterocycles. The normalized spacial score (nSPS) is 19.6. The molecule has 2 heterocycles. The summed E-state index contributed by atoms with van der Waals surface area (Å²) in [5, 5.41) is 3.49. The molecule has 0 bridgehead atoms. The lowest BCUT2D eigenvalue weighted by atomic mass is 9.99. The van der Waals surface area contributed by atoms with E-state index in [9.17, 15) is 0 Å². The minimum atomic E-state index is 0.919. The van der Waals surface area contributed by atoms with Crippen molar-refractivity contribution in [1.82, 2.24) is 9.88 Å². The van der Waals surface area contributed by atoms with Crippen molar-refractivity contribution >= 4 is 11.3 Å². The van der Waals surface area contributed by atoms with Gasteiger partial charge in [0.1, 0.15) is 0 Å². The molecule has 15 heavy (non-hydrogen) atoms. The van der Waals surface area contributed by atoms with Gasteiger partial charge in [0.2, 0.25) is 0 Å². The van der Waals surface area contributed by atoms with Crippen LogP contribution in [0.1, 0.15) is 37.4 Å². The summed E-state index contributed by atoms with van der Waals surface area (Å²) in [4.78, 5) is 7.15. The molecule has 0 atom stereocenters. The van der Waals surface area contributed by atoms with E-state index in [1.165, 1.54) is 36.6 Å². The maximum Gasteiger partial charge on any atom is 0.0926 e. The lowest BCUT2D eigenvalue weighted by molar-refractivity contribution is 0.183. The Balaban J connectivity index is 1.86. The molecule has 0 amide bonds. The first-order valence-corrected chi connectivity index (χ1v) is 6.81. The molecule has 0 saturated carbocycles. The van der Waals surface area contributed by atoms with Gasteiger partial charge in [-0.2, -0.15) is 0 Å². The Hall–Kier alpha value is -0.410. The van der Waals surface area contributed by atoms with Crippen molar-refractivity contribution in [3.8, 4) is 0 Å². The standard InChI is InChI=1S/C12H20N2S/c1-3-12-13-11(9-15-12)8-14-6-4-10(2)5-7-14/h9-10H,3-8H2,1-2H3. The summed E-state index contributed by atoms with van der Waals surface area (Å²) in [6, 6.07) is 0. The van der Waals surface area contributed by atoms with Gasteiger partial charge in [-0.1, -0.05) is 13.8 Å². The Morgan fingerprint density at radius 1 is 1.47 bits per heavy atom. The molecule has 0 spiro atoms. The molecule has 2 rings (SSSR count). The largest absolute Gasteiger partial charge is 0.297 e. The summed E-state index contributed by atoms with van der Waals surface area (Å²) in [5.74, 6) is 0.919. The zero-order valence-electron chi connectivity index (χ0n) is 9.70. The van der Waals surface area contributed by atoms with E-state index in [0.717, 1.165) is 18.9 Å². The van der Waals surface area contributed by atoms with Gasteiger partial charge in [0.05, 0.1) is 10.7 Å². The van der Waals surface area contributed by atoms with Gasteiger partial charge >= 0.3 is 0 Å². The fourth-order valence-corrected chi connectivity index (χ4v) is 2.77. The number of nitrogens with zero attached hydrogens (tertiary/aromatic N) is 2. The lowest BCUT2D eigenvalue weighted by Gasteiger charge is -2.29. The quantitative estimate of drug-likeness (QED) is 0.785. The third-order valence-electron chi connectivity index (χ3n) is 3.16. The van der Waals surface area contributed by atoms with Crippen LogP contribution in [0.2, 0.25) is 0 Å². The van der Waals surface area contributed by atoms with E-state index in [0.29, 0.717) is 0 Å². The molecule has 1 aliphatic rings. The zero-order chi connectivity index (χ0) is 10.7. The van der Waals surface area contributed by atoms with Crippen LogP contribution in [0.5, 0.6) is 0 Å². The predicted molar refractivity (Wildman–Crippen MR) is 65.2 cm³/mol. The van der Waals surface area contributed by atoms with Crippen LogP contribution in [0, 0.1) is 5.92 Å². The van der Waals surface area contributed by atoms with E-state index in [1.54, 1.807) is 11.3 Å². The van der Waals surface area contributed by atoms with Crippen molar-refractivity contribution in [3.05, 3.63) is 16.1 Å². The summed E-state index contributed by atoms with van der Waals surface area (Å²) in [6.45, 7) is 8.09. The second kappa shape index (κ2) is 5.08. The highest BCUT2D eigenvalue weighted by Crippen LogP contribution is 2.19. The fraction of sp³-hybridized carbons (Fsp3) is 0.750. The smallest absolute Gasteiger partial charge is 0.0926 e. The average molecular weight is 224 g/mol. The van der Waals surface area contributed by atoms with Gasteiger partial charge in [0, 0.05) is 11.9 Å². The van der Waals surface area contributed by atoms with E-state index in [1.807, 2.05) is 0 Å². The topological polar surface area (TPSA) is 16.1 Å². The third-order valence-corrected chi connectivity index (χ3v) is 4.21. The van der Waals surface area contributed by atoms with E-state index in [4.69, 9.17) is 0 Å². The third kappa shape index (κ3) is 3.02. The molecule has 3 heteroatoms. The van der Waals surface area contributed by atoms with Crippen LogP contribution < -0.4 is 0 Å². The Kier molecular flexibility index (Phi) is 3.76. The first-order chi connectivity index (χ1) is 7.28. The number of hydrogen-bond donors (Lipinski definition) is 0. The lowest BCUT2D eigenvalue weighted by Crippen LogP contribution is -2.32. The Morgan fingerprint density at radius 2 is 2.20 bits per heavy atom. The number of likely N-dealkylation sites (tertiary alicyclic amines) is 1. The van der Waals surface area contributed by atoms with Gasteiger partial charge in [-0.25, -0.2) is 4.98 Å². The van der Waals surface area contributed by atoms with Crippen molar-refractivity contribution in [2.75, 3.05) is 13.1 Å². The van der Waals surface area contributed by atoms with Crippen LogP contribution in [-0.4, -0.2) is 23.0 Å². The Morgan fingerprint density at radius 3 is 2.80 bits per heavy atom. The SMILES string of the molecule is CCc1nc(CN2CCC(C)CC2)cs1. The van der Waals surface area contributed by atoms with Crippen LogP contribution in [0.3, 0.4) is 0 Å². The molecule has 0 N–H and O–H groups in total. The van der Waals surface area contributed by atoms with Gasteiger partial charge in [-0.3, -0.25) is 4.90 Å². The van der Waals surface area contributed by atoms with Gasteiger partial charge < -0.3 is 0 Å². The fourth-order valence-electron chi connectivity index (χ4n) is 2.03. The molecule has 2 nitrogen and oxygen atoms in total. The highest BCUT2D eigenvalue weighted by Gasteiger charge is 2.16. The maximum absolute atomic E-state index is 4.62. The molecular weight excluding hydrogens is 204 g/mol. The summed E-state index contributed by atoms with van der Waals surface area (Å²) in [6.07, 6.45) is 3.78. The first kappa shape index (κ1) is 11.1. The molecule has 0 unspecified atom stereocenters. The Bertz CT molecular complexity index is 300. The van der Waals surface area contributed by atoms with Crippen molar-refractivity contribution in [3.63, 3.8) is 0 Å². The second-order valence-electron chi connectivity index (χ2n) is 4.54. The van der Waals surface area contributed by atoms with E-state index in [2.05, 4.69) is 29.1 Å². The van der Waals surface area contributed by atoms with Crippen molar-refractivity contribution in [2.24, 2.45) is 5.92 Å². The Labute approximate surface area is 96.3 Å². The molecule has 1 aliphatic heterocycles. The van der Waals surface area contributed by atoms with E-state index in [-0.39, 0.29) is 0 Å². The van der Waals surface area contributed by atoms with Crippen molar-refractivity contribution < 1.29 is 0 Å². The van der Waals surface area contributed by atoms with Crippen LogP contribution in [-0.2, 0) is 13.0 Å². The number of rotatable bonds is 3. The summed E-state index contributed by atoms with van der Waals surface area (Å²) in [7, 11) is 0. The van der Waals surface area contributed by atoms with Crippen LogP contribution in [0.15, 0.2) is 5.38 Å². The number of hydrogen-bond acceptors (Lipinski definition) is 3.